The summed E-state index contributed by atoms with van der Waals surface area (Å²) in [5, 5.41) is 0. The average Bonchev–Trinajstić information content (AvgIpc) is 2.54. The van der Waals surface area contributed by atoms with Crippen molar-refractivity contribution in [2.75, 3.05) is 6.54 Å². The van der Waals surface area contributed by atoms with Gasteiger partial charge in [0.1, 0.15) is 5.75 Å². The van der Waals surface area contributed by atoms with Gasteiger partial charge in [0.25, 0.3) is 0 Å². The van der Waals surface area contributed by atoms with Gasteiger partial charge in [-0.1, -0.05) is 48.5 Å². The topological polar surface area (TPSA) is 44.5 Å². The predicted octanol–water partition coefficient (Wildman–Crippen LogP) is 3.31. The Bertz CT molecular complexity index is 576. The molecule has 2 aromatic rings. The van der Waals surface area contributed by atoms with E-state index in [4.69, 9.17) is 15.2 Å². The number of rotatable bonds is 4. The van der Waals surface area contributed by atoms with Gasteiger partial charge in [-0.05, 0) is 23.6 Å². The molecule has 0 amide bonds. The van der Waals surface area contributed by atoms with Gasteiger partial charge in [-0.3, -0.25) is 0 Å². The number of halogens is 1. The van der Waals surface area contributed by atoms with Crippen molar-refractivity contribution in [2.45, 2.75) is 25.2 Å². The maximum Gasteiger partial charge on any atom is 0.223 e. The number of ether oxygens (including phenoxy) is 2. The van der Waals surface area contributed by atoms with E-state index in [1.165, 1.54) is 5.56 Å². The highest BCUT2D eigenvalue weighted by atomic mass is 35.5. The molecule has 0 saturated heterocycles. The van der Waals surface area contributed by atoms with Crippen LogP contribution in [-0.4, -0.2) is 12.3 Å². The monoisotopic (exact) mass is 305 g/mol. The van der Waals surface area contributed by atoms with Crippen LogP contribution in [0.3, 0.4) is 0 Å². The first kappa shape index (κ1) is 15.8. The summed E-state index contributed by atoms with van der Waals surface area (Å²) in [6.45, 7) is 0.869. The van der Waals surface area contributed by atoms with E-state index in [0.29, 0.717) is 13.2 Å². The van der Waals surface area contributed by atoms with E-state index in [1.54, 1.807) is 0 Å². The zero-order chi connectivity index (χ0) is 13.8. The fourth-order valence-electron chi connectivity index (χ4n) is 2.48. The van der Waals surface area contributed by atoms with Crippen LogP contribution in [0.4, 0.5) is 0 Å². The van der Waals surface area contributed by atoms with Crippen LogP contribution in [0.2, 0.25) is 0 Å². The van der Waals surface area contributed by atoms with Crippen molar-refractivity contribution < 1.29 is 9.47 Å². The van der Waals surface area contributed by atoms with Crippen LogP contribution in [0, 0.1) is 0 Å². The number of hydrogen-bond donors (Lipinski definition) is 1. The van der Waals surface area contributed by atoms with Gasteiger partial charge < -0.3 is 15.2 Å². The van der Waals surface area contributed by atoms with Crippen LogP contribution in [0.25, 0.3) is 0 Å². The SMILES string of the molecule is Cl.NCC1(OCc2ccccc2)CCc2ccccc2O1. The third-order valence-corrected chi connectivity index (χ3v) is 3.70. The van der Waals surface area contributed by atoms with E-state index >= 15 is 0 Å². The fourth-order valence-corrected chi connectivity index (χ4v) is 2.48. The number of hydrogen-bond acceptors (Lipinski definition) is 3. The van der Waals surface area contributed by atoms with Crippen molar-refractivity contribution in [3.63, 3.8) is 0 Å². The number of aryl methyl sites for hydroxylation is 1. The quantitative estimate of drug-likeness (QED) is 0.942. The lowest BCUT2D eigenvalue weighted by Crippen LogP contribution is -2.48. The predicted molar refractivity (Wildman–Crippen MR) is 85.7 cm³/mol. The summed E-state index contributed by atoms with van der Waals surface area (Å²) in [7, 11) is 0. The lowest BCUT2D eigenvalue weighted by atomic mass is 9.99. The Kier molecular flexibility index (Phi) is 5.23. The molecule has 0 fully saturated rings. The molecule has 0 radical (unpaired) electrons. The summed E-state index contributed by atoms with van der Waals surface area (Å²) < 4.78 is 12.1. The summed E-state index contributed by atoms with van der Waals surface area (Å²) in [6, 6.07) is 18.2. The van der Waals surface area contributed by atoms with Gasteiger partial charge in [-0.2, -0.15) is 0 Å². The van der Waals surface area contributed by atoms with Gasteiger partial charge in [0, 0.05) is 6.42 Å². The summed E-state index contributed by atoms with van der Waals surface area (Å²) >= 11 is 0. The highest BCUT2D eigenvalue weighted by molar-refractivity contribution is 5.85. The van der Waals surface area contributed by atoms with Gasteiger partial charge in [0.2, 0.25) is 5.79 Å². The van der Waals surface area contributed by atoms with Crippen molar-refractivity contribution in [3.8, 4) is 5.75 Å². The molecule has 0 aromatic heterocycles. The third kappa shape index (κ3) is 3.56. The van der Waals surface area contributed by atoms with Crippen molar-refractivity contribution in [3.05, 3.63) is 65.7 Å². The molecule has 1 atom stereocenters. The van der Waals surface area contributed by atoms with E-state index < -0.39 is 5.79 Å². The average molecular weight is 306 g/mol. The summed E-state index contributed by atoms with van der Waals surface area (Å²) in [6.07, 6.45) is 1.72. The molecule has 4 heteroatoms. The van der Waals surface area contributed by atoms with Crippen LogP contribution < -0.4 is 10.5 Å². The van der Waals surface area contributed by atoms with Crippen LogP contribution in [0.1, 0.15) is 17.5 Å². The minimum atomic E-state index is -0.704. The molecule has 1 aliphatic rings. The molecule has 0 spiro atoms. The lowest BCUT2D eigenvalue weighted by molar-refractivity contribution is -0.193. The first-order valence-electron chi connectivity index (χ1n) is 6.96. The zero-order valence-electron chi connectivity index (χ0n) is 11.8. The van der Waals surface area contributed by atoms with E-state index in [9.17, 15) is 0 Å². The summed E-state index contributed by atoms with van der Waals surface area (Å²) in [4.78, 5) is 0. The standard InChI is InChI=1S/C17H19NO2.ClH/c18-13-17(19-12-14-6-2-1-3-7-14)11-10-15-8-4-5-9-16(15)20-17;/h1-9H,10-13,18H2;1H. The molecule has 3 rings (SSSR count). The van der Waals surface area contributed by atoms with Crippen LogP contribution in [0.15, 0.2) is 54.6 Å². The van der Waals surface area contributed by atoms with E-state index in [1.807, 2.05) is 48.5 Å². The van der Waals surface area contributed by atoms with Crippen LogP contribution >= 0.6 is 12.4 Å². The molecule has 2 N–H and O–H groups in total. The molecule has 2 aromatic carbocycles. The second-order valence-electron chi connectivity index (χ2n) is 5.10. The molecule has 1 unspecified atom stereocenters. The van der Waals surface area contributed by atoms with E-state index in [0.717, 1.165) is 24.2 Å². The normalized spacial score (nSPS) is 20.0. The Labute approximate surface area is 131 Å². The number of nitrogens with two attached hydrogens (primary N) is 1. The Balaban J connectivity index is 0.00000161. The number of para-hydroxylation sites is 1. The molecule has 112 valence electrons. The van der Waals surface area contributed by atoms with E-state index in [-0.39, 0.29) is 12.4 Å². The number of benzene rings is 2. The summed E-state index contributed by atoms with van der Waals surface area (Å²) in [5.74, 6) is 0.182. The molecule has 0 saturated carbocycles. The maximum atomic E-state index is 6.04. The van der Waals surface area contributed by atoms with Crippen LogP contribution in [0.5, 0.6) is 5.75 Å². The Morgan fingerprint density at radius 3 is 2.52 bits per heavy atom. The second kappa shape index (κ2) is 6.94. The summed E-state index contributed by atoms with van der Waals surface area (Å²) in [5.41, 5.74) is 8.26. The lowest BCUT2D eigenvalue weighted by Gasteiger charge is -2.37. The molecule has 0 bridgehead atoms. The van der Waals surface area contributed by atoms with Crippen molar-refractivity contribution >= 4 is 12.4 Å². The second-order valence-corrected chi connectivity index (χ2v) is 5.10. The largest absolute Gasteiger partial charge is 0.461 e. The molecule has 21 heavy (non-hydrogen) atoms. The fraction of sp³-hybridized carbons (Fsp3) is 0.294. The highest BCUT2D eigenvalue weighted by Crippen LogP contribution is 2.33. The van der Waals surface area contributed by atoms with Gasteiger partial charge in [-0.15, -0.1) is 12.4 Å². The van der Waals surface area contributed by atoms with Crippen LogP contribution in [-0.2, 0) is 17.8 Å². The van der Waals surface area contributed by atoms with E-state index in [2.05, 4.69) is 6.07 Å². The van der Waals surface area contributed by atoms with Gasteiger partial charge in [0.15, 0.2) is 0 Å². The van der Waals surface area contributed by atoms with Crippen molar-refractivity contribution in [1.82, 2.24) is 0 Å². The first-order chi connectivity index (χ1) is 9.81. The smallest absolute Gasteiger partial charge is 0.223 e. The van der Waals surface area contributed by atoms with Crippen molar-refractivity contribution in [2.24, 2.45) is 5.73 Å². The Morgan fingerprint density at radius 2 is 1.76 bits per heavy atom. The minimum absolute atomic E-state index is 0. The molecule has 1 heterocycles. The Morgan fingerprint density at radius 1 is 1.05 bits per heavy atom. The molecule has 3 nitrogen and oxygen atoms in total. The molecular formula is C17H20ClNO2. The molecular weight excluding hydrogens is 286 g/mol. The highest BCUT2D eigenvalue weighted by Gasteiger charge is 2.36. The zero-order valence-corrected chi connectivity index (χ0v) is 12.6. The first-order valence-corrected chi connectivity index (χ1v) is 6.96. The third-order valence-electron chi connectivity index (χ3n) is 3.70. The number of fused-ring (bicyclic) bond motifs is 1. The van der Waals surface area contributed by atoms with Gasteiger partial charge in [0.05, 0.1) is 13.2 Å². The molecule has 0 aliphatic carbocycles. The molecule has 1 aliphatic heterocycles. The van der Waals surface area contributed by atoms with Gasteiger partial charge in [-0.25, -0.2) is 0 Å². The Hall–Kier alpha value is -1.55. The van der Waals surface area contributed by atoms with Crippen molar-refractivity contribution in [1.29, 1.82) is 0 Å². The maximum absolute atomic E-state index is 6.04. The minimum Gasteiger partial charge on any atom is -0.461 e. The van der Waals surface area contributed by atoms with Gasteiger partial charge >= 0.3 is 0 Å².